The van der Waals surface area contributed by atoms with Gasteiger partial charge in [0.2, 0.25) is 15.8 Å². The van der Waals surface area contributed by atoms with Crippen LogP contribution in [0.25, 0.3) is 0 Å². The number of nitrogen functional groups attached to an aromatic ring is 1. The largest absolute Gasteiger partial charge is 0.497 e. The standard InChI is InChI=1S/C22H25N5O3S/c1-16-4-3-5-17(14-16)26-10-12-27(13-11-26)22-24-15-20(21(23)25-22)31(28,29)19-8-6-18(30-2)7-9-19/h3-9,14-15H,10-13H2,1-2H3,(H2,23,24,25). The molecule has 0 aliphatic carbocycles. The number of hydrogen-bond acceptors (Lipinski definition) is 8. The smallest absolute Gasteiger partial charge is 0.227 e. The number of rotatable bonds is 5. The van der Waals surface area contributed by atoms with Crippen molar-refractivity contribution in [1.29, 1.82) is 0 Å². The topological polar surface area (TPSA) is 102 Å². The molecule has 0 saturated carbocycles. The first-order valence-electron chi connectivity index (χ1n) is 9.97. The van der Waals surface area contributed by atoms with E-state index in [0.717, 1.165) is 26.2 Å². The quantitative estimate of drug-likeness (QED) is 0.647. The third-order valence-electron chi connectivity index (χ3n) is 5.36. The van der Waals surface area contributed by atoms with Crippen LogP contribution in [0.5, 0.6) is 5.75 Å². The lowest BCUT2D eigenvalue weighted by molar-refractivity contribution is 0.414. The lowest BCUT2D eigenvalue weighted by atomic mass is 10.2. The third kappa shape index (κ3) is 4.27. The van der Waals surface area contributed by atoms with Gasteiger partial charge in [-0.15, -0.1) is 0 Å². The molecule has 2 heterocycles. The molecule has 1 aliphatic heterocycles. The second kappa shape index (κ2) is 8.43. The molecule has 9 heteroatoms. The monoisotopic (exact) mass is 439 g/mol. The predicted octanol–water partition coefficient (Wildman–Crippen LogP) is 2.54. The number of anilines is 3. The van der Waals surface area contributed by atoms with E-state index in [-0.39, 0.29) is 15.6 Å². The Bertz CT molecular complexity index is 1170. The molecule has 1 fully saturated rings. The number of hydrogen-bond donors (Lipinski definition) is 1. The van der Waals surface area contributed by atoms with Crippen molar-refractivity contribution in [3.63, 3.8) is 0 Å². The summed E-state index contributed by atoms with van der Waals surface area (Å²) in [5, 5.41) is 0. The van der Waals surface area contributed by atoms with E-state index in [0.29, 0.717) is 11.7 Å². The second-order valence-electron chi connectivity index (χ2n) is 7.41. The summed E-state index contributed by atoms with van der Waals surface area (Å²) in [4.78, 5) is 13.0. The zero-order valence-electron chi connectivity index (χ0n) is 17.5. The van der Waals surface area contributed by atoms with Crippen LogP contribution in [-0.4, -0.2) is 51.7 Å². The Morgan fingerprint density at radius 2 is 1.68 bits per heavy atom. The number of piperazine rings is 1. The molecule has 2 aromatic carbocycles. The lowest BCUT2D eigenvalue weighted by Crippen LogP contribution is -2.47. The summed E-state index contributed by atoms with van der Waals surface area (Å²) in [6.07, 6.45) is 1.30. The van der Waals surface area contributed by atoms with E-state index in [1.165, 1.54) is 36.7 Å². The molecule has 3 aromatic rings. The van der Waals surface area contributed by atoms with Crippen molar-refractivity contribution < 1.29 is 13.2 Å². The molecular formula is C22H25N5O3S. The molecule has 0 atom stereocenters. The molecule has 1 aliphatic rings. The summed E-state index contributed by atoms with van der Waals surface area (Å²) in [7, 11) is -2.30. The Hall–Kier alpha value is -3.33. The maximum absolute atomic E-state index is 12.9. The molecule has 0 unspecified atom stereocenters. The van der Waals surface area contributed by atoms with Crippen LogP contribution in [0, 0.1) is 6.92 Å². The molecule has 2 N–H and O–H groups in total. The molecule has 162 valence electrons. The van der Waals surface area contributed by atoms with Gasteiger partial charge in [0.15, 0.2) is 0 Å². The van der Waals surface area contributed by atoms with Crippen molar-refractivity contribution in [1.82, 2.24) is 9.97 Å². The summed E-state index contributed by atoms with van der Waals surface area (Å²) in [5.41, 5.74) is 8.47. The van der Waals surface area contributed by atoms with Crippen molar-refractivity contribution in [2.75, 3.05) is 48.8 Å². The summed E-state index contributed by atoms with van der Waals surface area (Å²) in [6.45, 7) is 5.16. The average molecular weight is 440 g/mol. The first-order valence-corrected chi connectivity index (χ1v) is 11.4. The zero-order chi connectivity index (χ0) is 22.0. The van der Waals surface area contributed by atoms with Gasteiger partial charge in [0, 0.05) is 31.9 Å². The van der Waals surface area contributed by atoms with Crippen LogP contribution in [0.3, 0.4) is 0 Å². The number of sulfone groups is 1. The number of aryl methyl sites for hydroxylation is 1. The van der Waals surface area contributed by atoms with Gasteiger partial charge >= 0.3 is 0 Å². The van der Waals surface area contributed by atoms with E-state index < -0.39 is 9.84 Å². The van der Waals surface area contributed by atoms with Crippen molar-refractivity contribution in [3.05, 3.63) is 60.3 Å². The van der Waals surface area contributed by atoms with Crippen molar-refractivity contribution >= 4 is 27.3 Å². The zero-order valence-corrected chi connectivity index (χ0v) is 18.3. The van der Waals surface area contributed by atoms with Crippen molar-refractivity contribution in [2.45, 2.75) is 16.7 Å². The van der Waals surface area contributed by atoms with E-state index in [4.69, 9.17) is 10.5 Å². The fourth-order valence-electron chi connectivity index (χ4n) is 3.60. The van der Waals surface area contributed by atoms with Crippen LogP contribution < -0.4 is 20.3 Å². The number of benzene rings is 2. The van der Waals surface area contributed by atoms with E-state index in [1.807, 2.05) is 4.90 Å². The van der Waals surface area contributed by atoms with Crippen LogP contribution in [-0.2, 0) is 9.84 Å². The molecule has 0 bridgehead atoms. The van der Waals surface area contributed by atoms with E-state index >= 15 is 0 Å². The average Bonchev–Trinajstić information content (AvgIpc) is 2.79. The Morgan fingerprint density at radius 1 is 1.00 bits per heavy atom. The predicted molar refractivity (Wildman–Crippen MR) is 120 cm³/mol. The highest BCUT2D eigenvalue weighted by Gasteiger charge is 2.25. The molecule has 31 heavy (non-hydrogen) atoms. The SMILES string of the molecule is COc1ccc(S(=O)(=O)c2cnc(N3CCN(c4cccc(C)c4)CC3)nc2N)cc1. The second-order valence-corrected chi connectivity index (χ2v) is 9.33. The summed E-state index contributed by atoms with van der Waals surface area (Å²) < 4.78 is 31.0. The van der Waals surface area contributed by atoms with Gasteiger partial charge in [0.1, 0.15) is 16.5 Å². The Balaban J connectivity index is 1.50. The maximum Gasteiger partial charge on any atom is 0.227 e. The lowest BCUT2D eigenvalue weighted by Gasteiger charge is -2.36. The van der Waals surface area contributed by atoms with Crippen LogP contribution in [0.15, 0.2) is 64.5 Å². The number of methoxy groups -OCH3 is 1. The van der Waals surface area contributed by atoms with Crippen LogP contribution >= 0.6 is 0 Å². The minimum Gasteiger partial charge on any atom is -0.497 e. The maximum atomic E-state index is 12.9. The van der Waals surface area contributed by atoms with E-state index in [1.54, 1.807) is 12.1 Å². The fraction of sp³-hybridized carbons (Fsp3) is 0.273. The van der Waals surface area contributed by atoms with Crippen LogP contribution in [0.2, 0.25) is 0 Å². The molecular weight excluding hydrogens is 414 g/mol. The normalized spacial score (nSPS) is 14.5. The van der Waals surface area contributed by atoms with Gasteiger partial charge in [0.25, 0.3) is 0 Å². The summed E-state index contributed by atoms with van der Waals surface area (Å²) in [6, 6.07) is 14.6. The van der Waals surface area contributed by atoms with Crippen molar-refractivity contribution in [2.24, 2.45) is 0 Å². The van der Waals surface area contributed by atoms with Crippen molar-refractivity contribution in [3.8, 4) is 5.75 Å². The molecule has 8 nitrogen and oxygen atoms in total. The highest BCUT2D eigenvalue weighted by molar-refractivity contribution is 7.91. The summed E-state index contributed by atoms with van der Waals surface area (Å²) >= 11 is 0. The van der Waals surface area contributed by atoms with Gasteiger partial charge in [-0.2, -0.15) is 4.98 Å². The molecule has 0 amide bonds. The van der Waals surface area contributed by atoms with Gasteiger partial charge in [0.05, 0.1) is 18.2 Å². The van der Waals surface area contributed by atoms with E-state index in [2.05, 4.69) is 46.1 Å². The van der Waals surface area contributed by atoms with Gasteiger partial charge < -0.3 is 20.3 Å². The van der Waals surface area contributed by atoms with E-state index in [9.17, 15) is 8.42 Å². The first kappa shape index (κ1) is 20.9. The fourth-order valence-corrected chi connectivity index (χ4v) is 4.87. The van der Waals surface area contributed by atoms with Crippen LogP contribution in [0.1, 0.15) is 5.56 Å². The Labute approximate surface area is 182 Å². The Morgan fingerprint density at radius 3 is 2.29 bits per heavy atom. The van der Waals surface area contributed by atoms with Gasteiger partial charge in [-0.3, -0.25) is 0 Å². The highest BCUT2D eigenvalue weighted by atomic mass is 32.2. The van der Waals surface area contributed by atoms with Gasteiger partial charge in [-0.1, -0.05) is 12.1 Å². The number of aromatic nitrogens is 2. The molecule has 1 aromatic heterocycles. The molecule has 0 radical (unpaired) electrons. The third-order valence-corrected chi connectivity index (χ3v) is 7.15. The molecule has 1 saturated heterocycles. The summed E-state index contributed by atoms with van der Waals surface area (Å²) in [5.74, 6) is 0.959. The Kier molecular flexibility index (Phi) is 5.69. The van der Waals surface area contributed by atoms with Gasteiger partial charge in [-0.25, -0.2) is 13.4 Å². The first-order chi connectivity index (χ1) is 14.9. The van der Waals surface area contributed by atoms with Gasteiger partial charge in [-0.05, 0) is 48.9 Å². The minimum atomic E-state index is -3.82. The minimum absolute atomic E-state index is 0.0538. The highest BCUT2D eigenvalue weighted by Crippen LogP contribution is 2.27. The van der Waals surface area contributed by atoms with Crippen LogP contribution in [0.4, 0.5) is 17.5 Å². The number of nitrogens with zero attached hydrogens (tertiary/aromatic N) is 4. The number of nitrogens with two attached hydrogens (primary N) is 1. The molecule has 4 rings (SSSR count). The number of ether oxygens (including phenoxy) is 1. The molecule has 0 spiro atoms.